The molecule has 0 saturated heterocycles. The highest BCUT2D eigenvalue weighted by atomic mass is 32.2. The fourth-order valence-electron chi connectivity index (χ4n) is 3.87. The number of carbonyl (C=O) groups excluding carboxylic acids is 1. The van der Waals surface area contributed by atoms with Crippen LogP contribution < -0.4 is 5.32 Å². The van der Waals surface area contributed by atoms with Crippen molar-refractivity contribution in [2.45, 2.75) is 67.3 Å². The second-order valence-corrected chi connectivity index (χ2v) is 10.9. The van der Waals surface area contributed by atoms with E-state index < -0.39 is 23.0 Å². The lowest BCUT2D eigenvalue weighted by atomic mass is 9.94. The summed E-state index contributed by atoms with van der Waals surface area (Å²) in [5.74, 6) is -0.935. The Morgan fingerprint density at radius 2 is 2.00 bits per heavy atom. The topological polar surface area (TPSA) is 91.8 Å². The van der Waals surface area contributed by atoms with E-state index in [1.807, 2.05) is 0 Å². The molecule has 2 amide bonds. The van der Waals surface area contributed by atoms with Crippen LogP contribution in [-0.2, 0) is 22.3 Å². The highest BCUT2D eigenvalue weighted by Crippen LogP contribution is 2.33. The average Bonchev–Trinajstić information content (AvgIpc) is 3.25. The van der Waals surface area contributed by atoms with Crippen LogP contribution in [0.2, 0.25) is 0 Å². The number of anilines is 1. The Hall–Kier alpha value is -2.31. The van der Waals surface area contributed by atoms with Gasteiger partial charge in [0.05, 0.1) is 29.2 Å². The highest BCUT2D eigenvalue weighted by Gasteiger charge is 2.33. The molecule has 12 heteroatoms. The first-order valence-corrected chi connectivity index (χ1v) is 13.0. The molecule has 192 valence electrons. The van der Waals surface area contributed by atoms with Crippen LogP contribution in [0, 0.1) is 0 Å². The van der Waals surface area contributed by atoms with Gasteiger partial charge in [-0.1, -0.05) is 60.6 Å². The molecule has 0 aliphatic heterocycles. The Morgan fingerprint density at radius 1 is 1.29 bits per heavy atom. The Balaban J connectivity index is 1.60. The number of alkyl halides is 3. The minimum atomic E-state index is -4.46. The van der Waals surface area contributed by atoms with Gasteiger partial charge in [0.25, 0.3) is 0 Å². The van der Waals surface area contributed by atoms with E-state index in [-0.39, 0.29) is 37.4 Å². The van der Waals surface area contributed by atoms with E-state index in [4.69, 9.17) is 9.84 Å². The number of carbonyl (C=O) groups is 2. The number of nitrogens with zero attached hydrogens (tertiary/aromatic N) is 2. The summed E-state index contributed by atoms with van der Waals surface area (Å²) in [7, 11) is 0. The average molecular weight is 532 g/mol. The van der Waals surface area contributed by atoms with E-state index in [2.05, 4.69) is 10.3 Å². The third-order valence-electron chi connectivity index (χ3n) is 5.67. The standard InChI is InChI=1S/C23H28F3N3O4S2/c1-15(20(30)31)34-19-13-27-21(35-19)28-22(32)29(17-8-3-2-4-9-17)11-12-33-14-16-7-5-6-10-18(16)23(24,25)26/h5-7,10,13,15,17H,2-4,8-9,11-12,14H2,1H3,(H,30,31)(H,27,28,32). The summed E-state index contributed by atoms with van der Waals surface area (Å²) in [6.07, 6.45) is 1.86. The summed E-state index contributed by atoms with van der Waals surface area (Å²) in [6.45, 7) is 1.69. The number of nitrogens with one attached hydrogen (secondary N) is 1. The number of urea groups is 1. The van der Waals surface area contributed by atoms with Crippen molar-refractivity contribution in [3.05, 3.63) is 41.6 Å². The predicted octanol–water partition coefficient (Wildman–Crippen LogP) is 6.11. The van der Waals surface area contributed by atoms with Crippen LogP contribution in [0.5, 0.6) is 0 Å². The minimum Gasteiger partial charge on any atom is -0.480 e. The SMILES string of the molecule is CC(Sc1cnc(NC(=O)N(CCOCc2ccccc2C(F)(F)F)C2CCCCC2)s1)C(=O)O. The summed E-state index contributed by atoms with van der Waals surface area (Å²) in [6, 6.07) is 4.94. The molecular formula is C23H28F3N3O4S2. The molecule has 0 spiro atoms. The van der Waals surface area contributed by atoms with Gasteiger partial charge in [-0.2, -0.15) is 13.2 Å². The van der Waals surface area contributed by atoms with E-state index in [0.717, 1.165) is 49.9 Å². The van der Waals surface area contributed by atoms with Crippen molar-refractivity contribution in [3.8, 4) is 0 Å². The van der Waals surface area contributed by atoms with Crippen LogP contribution in [0.25, 0.3) is 0 Å². The van der Waals surface area contributed by atoms with Crippen molar-refractivity contribution < 1.29 is 32.6 Å². The van der Waals surface area contributed by atoms with Crippen molar-refractivity contribution in [1.29, 1.82) is 0 Å². The third-order valence-corrected chi connectivity index (χ3v) is 7.81. The van der Waals surface area contributed by atoms with Gasteiger partial charge >= 0.3 is 18.2 Å². The number of amides is 2. The fourth-order valence-corrected chi connectivity index (χ4v) is 5.83. The number of aliphatic carboxylic acids is 1. The number of hydrogen-bond donors (Lipinski definition) is 2. The predicted molar refractivity (Wildman–Crippen MR) is 129 cm³/mol. The fraction of sp³-hybridized carbons (Fsp3) is 0.522. The van der Waals surface area contributed by atoms with Gasteiger partial charge in [0.2, 0.25) is 0 Å². The van der Waals surface area contributed by atoms with Gasteiger partial charge in [0, 0.05) is 12.6 Å². The Morgan fingerprint density at radius 3 is 2.69 bits per heavy atom. The van der Waals surface area contributed by atoms with E-state index >= 15 is 0 Å². The van der Waals surface area contributed by atoms with E-state index in [1.54, 1.807) is 11.8 Å². The van der Waals surface area contributed by atoms with Gasteiger partial charge in [0.15, 0.2) is 5.13 Å². The molecule has 1 saturated carbocycles. The molecule has 1 aromatic heterocycles. The lowest BCUT2D eigenvalue weighted by Gasteiger charge is -2.34. The second-order valence-electron chi connectivity index (χ2n) is 8.21. The summed E-state index contributed by atoms with van der Waals surface area (Å²) < 4.78 is 45.8. The first-order valence-electron chi connectivity index (χ1n) is 11.3. The lowest BCUT2D eigenvalue weighted by Crippen LogP contribution is -2.45. The number of ether oxygens (including phenoxy) is 1. The van der Waals surface area contributed by atoms with Gasteiger partial charge in [0.1, 0.15) is 5.25 Å². The maximum atomic E-state index is 13.2. The molecule has 1 heterocycles. The zero-order chi connectivity index (χ0) is 25.4. The van der Waals surface area contributed by atoms with E-state index in [1.165, 1.54) is 35.7 Å². The smallest absolute Gasteiger partial charge is 0.416 e. The van der Waals surface area contributed by atoms with Crippen LogP contribution in [-0.4, -0.2) is 51.4 Å². The van der Waals surface area contributed by atoms with Crippen LogP contribution in [0.1, 0.15) is 50.2 Å². The quantitative estimate of drug-likeness (QED) is 0.284. The molecule has 1 unspecified atom stereocenters. The van der Waals surface area contributed by atoms with Crippen molar-refractivity contribution in [1.82, 2.24) is 9.88 Å². The molecule has 2 aromatic rings. The molecule has 0 bridgehead atoms. The second kappa shape index (κ2) is 12.6. The van der Waals surface area contributed by atoms with Crippen LogP contribution >= 0.6 is 23.1 Å². The summed E-state index contributed by atoms with van der Waals surface area (Å²) >= 11 is 2.34. The third kappa shape index (κ3) is 8.11. The number of rotatable bonds is 10. The Kier molecular flexibility index (Phi) is 9.81. The van der Waals surface area contributed by atoms with Gasteiger partial charge in [-0.3, -0.25) is 10.1 Å². The number of benzene rings is 1. The maximum absolute atomic E-state index is 13.2. The summed E-state index contributed by atoms with van der Waals surface area (Å²) in [5.41, 5.74) is -0.673. The molecular weight excluding hydrogens is 503 g/mol. The first-order chi connectivity index (χ1) is 16.6. The number of thiazole rings is 1. The number of halogens is 3. The van der Waals surface area contributed by atoms with Crippen molar-refractivity contribution in [3.63, 3.8) is 0 Å². The zero-order valence-corrected chi connectivity index (χ0v) is 20.8. The first kappa shape index (κ1) is 27.3. The van der Waals surface area contributed by atoms with Crippen LogP contribution in [0.4, 0.5) is 23.1 Å². The number of aromatic nitrogens is 1. The molecule has 7 nitrogen and oxygen atoms in total. The maximum Gasteiger partial charge on any atom is 0.416 e. The number of carboxylic acids is 1. The normalized spacial score (nSPS) is 15.5. The number of carboxylic acid groups (broad SMARTS) is 1. The Bertz CT molecular complexity index is 996. The monoisotopic (exact) mass is 531 g/mol. The van der Waals surface area contributed by atoms with Crippen LogP contribution in [0.3, 0.4) is 0 Å². The minimum absolute atomic E-state index is 0.00986. The largest absolute Gasteiger partial charge is 0.480 e. The number of hydrogen-bond acceptors (Lipinski definition) is 6. The highest BCUT2D eigenvalue weighted by molar-refractivity contribution is 8.02. The van der Waals surface area contributed by atoms with Gasteiger partial charge in [-0.25, -0.2) is 9.78 Å². The molecule has 2 N–H and O–H groups in total. The van der Waals surface area contributed by atoms with Crippen molar-refractivity contribution >= 4 is 40.2 Å². The molecule has 1 aliphatic rings. The molecule has 1 aromatic carbocycles. The van der Waals surface area contributed by atoms with E-state index in [0.29, 0.717) is 9.34 Å². The Labute approximate surface area is 210 Å². The molecule has 3 rings (SSSR count). The molecule has 1 atom stereocenters. The molecule has 1 aliphatic carbocycles. The van der Waals surface area contributed by atoms with Crippen molar-refractivity contribution in [2.24, 2.45) is 0 Å². The van der Waals surface area contributed by atoms with Crippen molar-refractivity contribution in [2.75, 3.05) is 18.5 Å². The van der Waals surface area contributed by atoms with Gasteiger partial charge < -0.3 is 14.7 Å². The molecule has 35 heavy (non-hydrogen) atoms. The zero-order valence-electron chi connectivity index (χ0n) is 19.2. The van der Waals surface area contributed by atoms with Gasteiger partial charge in [-0.05, 0) is 31.4 Å². The van der Waals surface area contributed by atoms with E-state index in [9.17, 15) is 22.8 Å². The summed E-state index contributed by atoms with van der Waals surface area (Å²) in [4.78, 5) is 30.0. The molecule has 1 fully saturated rings. The van der Waals surface area contributed by atoms with Crippen LogP contribution in [0.15, 0.2) is 34.7 Å². The van der Waals surface area contributed by atoms with Gasteiger partial charge in [-0.15, -0.1) is 0 Å². The molecule has 0 radical (unpaired) electrons. The summed E-state index contributed by atoms with van der Waals surface area (Å²) in [5, 5.41) is 11.6. The number of thioether (sulfide) groups is 1. The lowest BCUT2D eigenvalue weighted by molar-refractivity contribution is -0.139.